The molecule has 0 saturated heterocycles. The maximum absolute atomic E-state index is 7.34. The van der Waals surface area contributed by atoms with Gasteiger partial charge in [-0.1, -0.05) is 328 Å². The summed E-state index contributed by atoms with van der Waals surface area (Å²) < 4.78 is 23.5. The number of allylic oxidation sites excluding steroid dienone is 9. The molecule has 7 heterocycles. The van der Waals surface area contributed by atoms with Gasteiger partial charge in [-0.05, 0) is 230 Å². The van der Waals surface area contributed by atoms with E-state index in [-0.39, 0.29) is 12.0 Å². The van der Waals surface area contributed by atoms with Crippen molar-refractivity contribution in [3.63, 3.8) is 0 Å². The van der Waals surface area contributed by atoms with Gasteiger partial charge in [-0.3, -0.25) is 0 Å². The lowest BCUT2D eigenvalue weighted by molar-refractivity contribution is 0.669. The summed E-state index contributed by atoms with van der Waals surface area (Å²) in [6.45, 7) is 7.23. The maximum atomic E-state index is 7.34. The second-order valence-corrected chi connectivity index (χ2v) is 36.1. The van der Waals surface area contributed by atoms with Crippen LogP contribution in [0.2, 0.25) is 0 Å². The first kappa shape index (κ1) is 76.8. The predicted octanol–water partition coefficient (Wildman–Crippen LogP) is 34.6. The van der Waals surface area contributed by atoms with E-state index in [1.165, 1.54) is 39.2 Å². The lowest BCUT2D eigenvalue weighted by Crippen LogP contribution is -2.34. The summed E-state index contributed by atoms with van der Waals surface area (Å²) in [7, 11) is 0. The van der Waals surface area contributed by atoms with Crippen molar-refractivity contribution < 1.29 is 13.3 Å². The summed E-state index contributed by atoms with van der Waals surface area (Å²) in [6, 6.07) is 146. The predicted molar refractivity (Wildman–Crippen MR) is 558 cm³/mol. The summed E-state index contributed by atoms with van der Waals surface area (Å²) in [5, 5.41) is 8.88. The summed E-state index contributed by atoms with van der Waals surface area (Å²) in [5.41, 5.74) is 43.3. The Bertz CT molecular complexity index is 8820. The number of benzene rings is 18. The number of para-hydroxylation sites is 6. The van der Waals surface area contributed by atoms with Crippen LogP contribution in [-0.2, 0) is 0 Å². The molecule has 0 radical (unpaired) electrons. The van der Waals surface area contributed by atoms with Crippen molar-refractivity contribution >= 4 is 133 Å². The monoisotopic (exact) mass is 1710 g/mol. The zero-order valence-corrected chi connectivity index (χ0v) is 73.4. The van der Waals surface area contributed by atoms with Gasteiger partial charge in [0.05, 0.1) is 28.5 Å². The van der Waals surface area contributed by atoms with E-state index in [0.29, 0.717) is 0 Å². The van der Waals surface area contributed by atoms with Gasteiger partial charge in [0.1, 0.15) is 33.5 Å². The van der Waals surface area contributed by atoms with Crippen LogP contribution >= 0.6 is 0 Å². The molecule has 0 saturated carbocycles. The molecule has 630 valence electrons. The number of anilines is 5. The highest BCUT2D eigenvalue weighted by atomic mass is 16.3. The lowest BCUT2D eigenvalue weighted by Gasteiger charge is -2.36. The molecule has 3 aliphatic heterocycles. The average Bonchev–Trinajstić information content (AvgIpc) is 1.54. The van der Waals surface area contributed by atoms with Crippen molar-refractivity contribution in [2.45, 2.75) is 31.7 Å². The van der Waals surface area contributed by atoms with Gasteiger partial charge in [0.2, 0.25) is 0 Å². The zero-order valence-electron chi connectivity index (χ0n) is 73.4. The normalized spacial score (nSPS) is 14.8. The van der Waals surface area contributed by atoms with Crippen LogP contribution in [0.4, 0.5) is 28.4 Å². The number of aromatic nitrogens is 1. The van der Waals surface area contributed by atoms with Crippen molar-refractivity contribution in [2.24, 2.45) is 0 Å². The largest absolute Gasteiger partial charge is 0.455 e. The van der Waals surface area contributed by atoms with Gasteiger partial charge >= 0.3 is 0 Å². The topological polar surface area (TPSA) is 54.1 Å². The number of hydrogen-bond donors (Lipinski definition) is 0. The van der Waals surface area contributed by atoms with E-state index in [0.717, 1.165) is 240 Å². The molecule has 0 fully saturated rings. The van der Waals surface area contributed by atoms with Crippen LogP contribution in [0.25, 0.3) is 199 Å². The maximum Gasteiger partial charge on any atom is 0.143 e. The Morgan fingerprint density at radius 1 is 0.366 bits per heavy atom. The van der Waals surface area contributed by atoms with E-state index in [1.807, 2.05) is 6.07 Å². The van der Waals surface area contributed by atoms with Gasteiger partial charge in [0.25, 0.3) is 0 Å². The van der Waals surface area contributed by atoms with E-state index in [2.05, 4.69) is 463 Å². The Hall–Kier alpha value is -17.3. The van der Waals surface area contributed by atoms with Gasteiger partial charge in [-0.15, -0.1) is 0 Å². The molecule has 2 aliphatic carbocycles. The van der Waals surface area contributed by atoms with E-state index >= 15 is 0 Å². The molecule has 18 aromatic carbocycles. The third-order valence-corrected chi connectivity index (χ3v) is 28.5. The number of nitrogens with zero attached hydrogens (tertiary/aromatic N) is 4. The smallest absolute Gasteiger partial charge is 0.143 e. The molecule has 27 rings (SSSR count). The van der Waals surface area contributed by atoms with Crippen LogP contribution in [0.15, 0.2) is 480 Å². The van der Waals surface area contributed by atoms with Crippen LogP contribution < -0.4 is 14.7 Å². The Morgan fingerprint density at radius 3 is 1.64 bits per heavy atom. The zero-order chi connectivity index (χ0) is 88.3. The molecule has 0 N–H and O–H groups in total. The van der Waals surface area contributed by atoms with Crippen molar-refractivity contribution in [3.8, 4) is 94.7 Å². The molecule has 0 spiro atoms. The van der Waals surface area contributed by atoms with Gasteiger partial charge in [-0.2, -0.15) is 0 Å². The fourth-order valence-corrected chi connectivity index (χ4v) is 22.3. The van der Waals surface area contributed by atoms with Crippen molar-refractivity contribution in [2.75, 3.05) is 14.7 Å². The molecule has 134 heavy (non-hydrogen) atoms. The molecule has 2 atom stereocenters. The fourth-order valence-electron chi connectivity index (χ4n) is 22.3. The number of hydrogen-bond acceptors (Lipinski definition) is 6. The summed E-state index contributed by atoms with van der Waals surface area (Å²) in [4.78, 5) is 7.59. The average molecular weight is 1710 g/mol. The number of rotatable bonds is 15. The van der Waals surface area contributed by atoms with Gasteiger partial charge in [-0.25, -0.2) is 0 Å². The second-order valence-electron chi connectivity index (χ2n) is 36.1. The van der Waals surface area contributed by atoms with Gasteiger partial charge in [0, 0.05) is 128 Å². The van der Waals surface area contributed by atoms with Crippen molar-refractivity contribution in [3.05, 3.63) is 489 Å². The third-order valence-electron chi connectivity index (χ3n) is 28.5. The third kappa shape index (κ3) is 12.3. The van der Waals surface area contributed by atoms with E-state index in [4.69, 9.17) is 19.8 Å². The fraction of sp³-hybridized carbons (Fsp3) is 0.0394. The Labute approximate surface area is 775 Å². The summed E-state index contributed by atoms with van der Waals surface area (Å²) in [6.07, 6.45) is 18.6. The van der Waals surface area contributed by atoms with E-state index in [9.17, 15) is 0 Å². The molecule has 7 nitrogen and oxygen atoms in total. The van der Waals surface area contributed by atoms with Crippen LogP contribution in [0.3, 0.4) is 0 Å². The highest BCUT2D eigenvalue weighted by Gasteiger charge is 2.45. The molecule has 0 bridgehead atoms. The van der Waals surface area contributed by atoms with Crippen molar-refractivity contribution in [1.82, 2.24) is 4.57 Å². The first-order chi connectivity index (χ1) is 66.3. The summed E-state index contributed by atoms with van der Waals surface area (Å²) >= 11 is 0. The molecule has 5 aliphatic rings. The molecular formula is C127H84N4O3. The summed E-state index contributed by atoms with van der Waals surface area (Å²) in [5.74, 6) is -0.0169. The molecule has 7 heteroatoms. The Morgan fingerprint density at radius 2 is 0.910 bits per heavy atom. The standard InChI is InChI=1S/C127H84N4O3/c1-78(80-26-7-3-8-27-80)70-95(128(92-59-54-87(55-60-92)97-38-23-41-106-100-36-17-21-46-118(100)132-125(97)106)93-61-67-116-111(76-93)104-39-24-42-109-121-102(98-34-15-19-44-114(98)130(116)123(104)109)63-65-107-101-37-18-22-47-119(101)133-126(107)121)71-79(2)81-48-50-86(51-49-81)88-56-69-120-113(75-88)108-66-64-103-99-35-16-20-45-115(99)131-117-68-62-94(77-112(117)105-40-25-43-110(124(105)131)122(103)127(108)134-120)129(91-57-52-85(53-58-91)82-28-9-4-10-29-82)96-73-89(83-30-11-5-12-31-83)72-90(74-96)84-32-13-6-14-33-84/h3-18,20-43,45-77,111,116H,2,19,44H2,1H3/b78-70+,95-71+. The highest BCUT2D eigenvalue weighted by molar-refractivity contribution is 6.23. The molecule has 22 aromatic rings. The van der Waals surface area contributed by atoms with Crippen LogP contribution in [0.5, 0.6) is 0 Å². The van der Waals surface area contributed by atoms with Crippen LogP contribution in [0.1, 0.15) is 47.9 Å². The Kier molecular flexibility index (Phi) is 17.6. The van der Waals surface area contributed by atoms with Crippen molar-refractivity contribution in [1.29, 1.82) is 0 Å². The van der Waals surface area contributed by atoms with Crippen LogP contribution in [-0.4, -0.2) is 10.6 Å². The Balaban J connectivity index is 0.567. The van der Waals surface area contributed by atoms with Crippen LogP contribution in [0, 0.1) is 0 Å². The SMILES string of the molecule is C=C(/C=C(\C=C(/C)c1ccccc1)N(C1=CC2c3cccc4c3N(C3=C(C=CCC3)c3ccc5c(oc6ccccc65)c3-4)C2C=C1)c1ccc(-c2cccc3c2oc2ccccc23)cc1)c1ccc(-c2ccc3oc4c5c(ccc4c3c2)-c2ccccc2-n2c3ccc(N(c4ccc(-c6ccccc6)cc4)c4cc(-c6ccccc6)cc(-c6ccccc6)c4)cc3c3cccc-5c32)cc1. The highest BCUT2D eigenvalue weighted by Crippen LogP contribution is 2.59. The minimum Gasteiger partial charge on any atom is -0.455 e. The lowest BCUT2D eigenvalue weighted by atomic mass is 9.85. The number of furan rings is 3. The molecule has 0 amide bonds. The van der Waals surface area contributed by atoms with E-state index < -0.39 is 0 Å². The second kappa shape index (κ2) is 30.7. The first-order valence-electron chi connectivity index (χ1n) is 46.4. The van der Waals surface area contributed by atoms with E-state index in [1.54, 1.807) is 0 Å². The first-order valence-corrected chi connectivity index (χ1v) is 46.4. The molecule has 2 unspecified atom stereocenters. The van der Waals surface area contributed by atoms with Gasteiger partial charge < -0.3 is 32.5 Å². The quantitative estimate of drug-likeness (QED) is 0.0954. The molecular weight excluding hydrogens is 1630 g/mol. The van der Waals surface area contributed by atoms with Gasteiger partial charge in [0.15, 0.2) is 0 Å². The minimum absolute atomic E-state index is 0.00675. The molecule has 4 aromatic heterocycles. The number of fused-ring (bicyclic) bond motifs is 26. The minimum atomic E-state index is -0.0169.